The van der Waals surface area contributed by atoms with Crippen LogP contribution in [0.1, 0.15) is 11.1 Å². The topological polar surface area (TPSA) is 117 Å². The first-order valence-electron chi connectivity index (χ1n) is 11.2. The number of anilines is 2. The van der Waals surface area contributed by atoms with E-state index in [1.807, 2.05) is 36.4 Å². The zero-order chi connectivity index (χ0) is 25.1. The molecule has 0 unspecified atom stereocenters. The minimum absolute atomic E-state index is 0.139. The molecule has 5 aromatic rings. The van der Waals surface area contributed by atoms with Crippen molar-refractivity contribution >= 4 is 32.3 Å². The lowest BCUT2D eigenvalue weighted by Crippen LogP contribution is -2.24. The van der Waals surface area contributed by atoms with Gasteiger partial charge in [-0.3, -0.25) is 4.98 Å². The van der Waals surface area contributed by atoms with Crippen molar-refractivity contribution < 1.29 is 13.5 Å². The first-order chi connectivity index (χ1) is 17.4. The van der Waals surface area contributed by atoms with E-state index < -0.39 is 10.0 Å². The van der Waals surface area contributed by atoms with Crippen LogP contribution in [0.3, 0.4) is 0 Å². The number of hydrogen-bond acceptors (Lipinski definition) is 7. The standard InChI is InChI=1S/C27H23N5O3S/c1-18-8-9-20(15-25(18)36(34,35)29-17-19-5-4-14-28-16-19)26-23-6-2-3-7-24(23)27(32-31-26)30-21-10-12-22(33)13-11-21/h2-16,29,33H,17H2,1H3,(H,30,32). The Morgan fingerprint density at radius 1 is 0.889 bits per heavy atom. The van der Waals surface area contributed by atoms with Crippen molar-refractivity contribution in [3.63, 3.8) is 0 Å². The number of fused-ring (bicyclic) bond motifs is 1. The maximum absolute atomic E-state index is 13.2. The number of pyridine rings is 1. The molecule has 2 aromatic heterocycles. The molecule has 8 nitrogen and oxygen atoms in total. The van der Waals surface area contributed by atoms with E-state index in [0.717, 1.165) is 22.0 Å². The van der Waals surface area contributed by atoms with Crippen LogP contribution in [0.5, 0.6) is 5.75 Å². The third-order valence-corrected chi connectivity index (χ3v) is 7.30. The van der Waals surface area contributed by atoms with Gasteiger partial charge in [0.05, 0.1) is 4.90 Å². The Hall–Kier alpha value is -4.34. The summed E-state index contributed by atoms with van der Waals surface area (Å²) in [6.45, 7) is 1.90. The molecule has 0 amide bonds. The smallest absolute Gasteiger partial charge is 0.241 e. The summed E-state index contributed by atoms with van der Waals surface area (Å²) < 4.78 is 29.0. The molecule has 5 rings (SSSR count). The number of nitrogens with zero attached hydrogens (tertiary/aromatic N) is 3. The number of nitrogens with one attached hydrogen (secondary N) is 2. The Morgan fingerprint density at radius 2 is 1.67 bits per heavy atom. The van der Waals surface area contributed by atoms with Gasteiger partial charge < -0.3 is 10.4 Å². The van der Waals surface area contributed by atoms with Crippen LogP contribution in [0.4, 0.5) is 11.5 Å². The highest BCUT2D eigenvalue weighted by Crippen LogP contribution is 2.33. The summed E-state index contributed by atoms with van der Waals surface area (Å²) in [5, 5.41) is 23.3. The minimum Gasteiger partial charge on any atom is -0.508 e. The van der Waals surface area contributed by atoms with E-state index in [4.69, 9.17) is 0 Å². The summed E-state index contributed by atoms with van der Waals surface area (Å²) in [5.74, 6) is 0.727. The summed E-state index contributed by atoms with van der Waals surface area (Å²) in [6, 6.07) is 23.1. The van der Waals surface area contributed by atoms with Crippen LogP contribution >= 0.6 is 0 Å². The van der Waals surface area contributed by atoms with E-state index in [9.17, 15) is 13.5 Å². The number of hydrogen-bond donors (Lipinski definition) is 3. The van der Waals surface area contributed by atoms with Crippen LogP contribution in [0.15, 0.2) is 96.2 Å². The van der Waals surface area contributed by atoms with E-state index >= 15 is 0 Å². The lowest BCUT2D eigenvalue weighted by molar-refractivity contribution is 0.475. The fraction of sp³-hybridized carbons (Fsp3) is 0.0741. The summed E-state index contributed by atoms with van der Waals surface area (Å²) in [4.78, 5) is 4.21. The molecule has 0 saturated heterocycles. The molecular formula is C27H23N5O3S. The van der Waals surface area contributed by atoms with Gasteiger partial charge in [0.15, 0.2) is 5.82 Å². The van der Waals surface area contributed by atoms with Crippen molar-refractivity contribution in [1.29, 1.82) is 0 Å². The lowest BCUT2D eigenvalue weighted by Gasteiger charge is -2.14. The quantitative estimate of drug-likeness (QED) is 0.273. The average Bonchev–Trinajstić information content (AvgIpc) is 2.90. The highest BCUT2D eigenvalue weighted by molar-refractivity contribution is 7.89. The zero-order valence-electron chi connectivity index (χ0n) is 19.4. The minimum atomic E-state index is -3.78. The second-order valence-electron chi connectivity index (χ2n) is 8.28. The van der Waals surface area contributed by atoms with Crippen LogP contribution < -0.4 is 10.0 Å². The summed E-state index contributed by atoms with van der Waals surface area (Å²) in [7, 11) is -3.78. The predicted molar refractivity (Wildman–Crippen MR) is 139 cm³/mol. The fourth-order valence-electron chi connectivity index (χ4n) is 3.89. The zero-order valence-corrected chi connectivity index (χ0v) is 20.2. The molecule has 0 bridgehead atoms. The second kappa shape index (κ2) is 9.73. The SMILES string of the molecule is Cc1ccc(-c2nnc(Nc3ccc(O)cc3)c3ccccc23)cc1S(=O)(=O)NCc1cccnc1. The number of sulfonamides is 1. The number of phenols is 1. The van der Waals surface area contributed by atoms with E-state index in [2.05, 4.69) is 25.2 Å². The number of aryl methyl sites for hydroxylation is 1. The number of aromatic hydroxyl groups is 1. The summed E-state index contributed by atoms with van der Waals surface area (Å²) >= 11 is 0. The van der Waals surface area contributed by atoms with Crippen molar-refractivity contribution in [2.75, 3.05) is 5.32 Å². The van der Waals surface area contributed by atoms with Crippen molar-refractivity contribution in [3.8, 4) is 17.0 Å². The third-order valence-electron chi connectivity index (χ3n) is 5.76. The lowest BCUT2D eigenvalue weighted by atomic mass is 10.0. The van der Waals surface area contributed by atoms with Gasteiger partial charge >= 0.3 is 0 Å². The number of aromatic nitrogens is 3. The van der Waals surface area contributed by atoms with Crippen molar-refractivity contribution in [1.82, 2.24) is 19.9 Å². The summed E-state index contributed by atoms with van der Waals surface area (Å²) in [5.41, 5.74) is 3.36. The Balaban J connectivity index is 1.51. The maximum atomic E-state index is 13.2. The average molecular weight is 498 g/mol. The van der Waals surface area contributed by atoms with Crippen LogP contribution in [0, 0.1) is 6.92 Å². The first kappa shape index (κ1) is 23.4. The van der Waals surface area contributed by atoms with Crippen LogP contribution in [0.2, 0.25) is 0 Å². The largest absolute Gasteiger partial charge is 0.508 e. The predicted octanol–water partition coefficient (Wildman–Crippen LogP) is 4.93. The molecule has 0 aliphatic rings. The molecule has 0 aliphatic heterocycles. The van der Waals surface area contributed by atoms with Crippen molar-refractivity contribution in [3.05, 3.63) is 102 Å². The molecule has 0 radical (unpaired) electrons. The highest BCUT2D eigenvalue weighted by Gasteiger charge is 2.19. The number of phenolic OH excluding ortho intramolecular Hbond substituents is 1. The van der Waals surface area contributed by atoms with E-state index in [-0.39, 0.29) is 17.2 Å². The molecule has 36 heavy (non-hydrogen) atoms. The van der Waals surface area contributed by atoms with Crippen LogP contribution in [-0.4, -0.2) is 28.7 Å². The molecule has 2 heterocycles. The van der Waals surface area contributed by atoms with Gasteiger partial charge in [0, 0.05) is 41.0 Å². The molecule has 9 heteroatoms. The maximum Gasteiger partial charge on any atom is 0.241 e. The Kier molecular flexibility index (Phi) is 6.32. The van der Waals surface area contributed by atoms with Crippen LogP contribution in [0.25, 0.3) is 22.0 Å². The molecule has 3 N–H and O–H groups in total. The van der Waals surface area contributed by atoms with E-state index in [0.29, 0.717) is 22.6 Å². The van der Waals surface area contributed by atoms with E-state index in [1.54, 1.807) is 61.8 Å². The Morgan fingerprint density at radius 3 is 2.42 bits per heavy atom. The van der Waals surface area contributed by atoms with Gasteiger partial charge in [0.1, 0.15) is 11.4 Å². The second-order valence-corrected chi connectivity index (χ2v) is 10.0. The van der Waals surface area contributed by atoms with Gasteiger partial charge in [0.25, 0.3) is 0 Å². The highest BCUT2D eigenvalue weighted by atomic mass is 32.2. The Bertz CT molecular complexity index is 1640. The summed E-state index contributed by atoms with van der Waals surface area (Å²) in [6.07, 6.45) is 3.27. The van der Waals surface area contributed by atoms with Gasteiger partial charge in [-0.25, -0.2) is 13.1 Å². The van der Waals surface area contributed by atoms with Crippen molar-refractivity contribution in [2.45, 2.75) is 18.4 Å². The monoisotopic (exact) mass is 497 g/mol. The first-order valence-corrected chi connectivity index (χ1v) is 12.7. The molecule has 0 aliphatic carbocycles. The van der Waals surface area contributed by atoms with Crippen LogP contribution in [-0.2, 0) is 16.6 Å². The van der Waals surface area contributed by atoms with Gasteiger partial charge in [-0.2, -0.15) is 0 Å². The molecule has 0 atom stereocenters. The van der Waals surface area contributed by atoms with Gasteiger partial charge in [0.2, 0.25) is 10.0 Å². The fourth-order valence-corrected chi connectivity index (χ4v) is 5.17. The Labute approximate surface area is 208 Å². The number of rotatable bonds is 7. The molecule has 180 valence electrons. The van der Waals surface area contributed by atoms with Crippen molar-refractivity contribution in [2.24, 2.45) is 0 Å². The number of benzene rings is 3. The van der Waals surface area contributed by atoms with Gasteiger partial charge in [-0.1, -0.05) is 42.5 Å². The normalized spacial score (nSPS) is 11.5. The third kappa shape index (κ3) is 4.88. The van der Waals surface area contributed by atoms with Gasteiger partial charge in [-0.15, -0.1) is 10.2 Å². The molecule has 0 spiro atoms. The molecular weight excluding hydrogens is 474 g/mol. The molecule has 0 fully saturated rings. The van der Waals surface area contributed by atoms with E-state index in [1.165, 1.54) is 0 Å². The molecule has 0 saturated carbocycles. The van der Waals surface area contributed by atoms with Gasteiger partial charge in [-0.05, 0) is 54.4 Å². The molecule has 3 aromatic carbocycles.